The normalized spacial score (nSPS) is 10.8. The largest absolute Gasteiger partial charge is 0.492 e. The quantitative estimate of drug-likeness (QED) is 0.719. The summed E-state index contributed by atoms with van der Waals surface area (Å²) in [5, 5.41) is 0.994. The fourth-order valence-corrected chi connectivity index (χ4v) is 3.12. The van der Waals surface area contributed by atoms with Crippen molar-refractivity contribution < 1.29 is 4.74 Å². The van der Waals surface area contributed by atoms with Crippen LogP contribution in [0.3, 0.4) is 0 Å². The van der Waals surface area contributed by atoms with Crippen LogP contribution in [0.4, 0.5) is 5.13 Å². The van der Waals surface area contributed by atoms with E-state index in [-0.39, 0.29) is 0 Å². The standard InChI is InChI=1S/C16H17N3OS/c1-3-20-13-5-4-6-14-15(13)18-16(21-14)19(2)11-12-7-9-17-10-8-12/h4-10H,3,11H2,1-2H3. The fraction of sp³-hybridized carbons (Fsp3) is 0.250. The molecule has 0 N–H and O–H groups in total. The molecule has 1 aromatic carbocycles. The Morgan fingerprint density at radius 2 is 2.00 bits per heavy atom. The molecule has 0 atom stereocenters. The molecule has 0 aliphatic heterocycles. The van der Waals surface area contributed by atoms with E-state index in [4.69, 9.17) is 9.72 Å². The van der Waals surface area contributed by atoms with E-state index in [1.165, 1.54) is 5.56 Å². The van der Waals surface area contributed by atoms with Crippen LogP contribution in [0.25, 0.3) is 10.2 Å². The number of ether oxygens (including phenoxy) is 1. The van der Waals surface area contributed by atoms with Gasteiger partial charge in [0, 0.05) is 26.0 Å². The van der Waals surface area contributed by atoms with E-state index < -0.39 is 0 Å². The molecule has 4 nitrogen and oxygen atoms in total. The number of anilines is 1. The Morgan fingerprint density at radius 1 is 1.19 bits per heavy atom. The Morgan fingerprint density at radius 3 is 2.76 bits per heavy atom. The maximum absolute atomic E-state index is 5.65. The van der Waals surface area contributed by atoms with Crippen LogP contribution in [0.1, 0.15) is 12.5 Å². The monoisotopic (exact) mass is 299 g/mol. The summed E-state index contributed by atoms with van der Waals surface area (Å²) in [4.78, 5) is 10.9. The van der Waals surface area contributed by atoms with Gasteiger partial charge >= 0.3 is 0 Å². The number of thiazole rings is 1. The van der Waals surface area contributed by atoms with Crippen molar-refractivity contribution in [1.82, 2.24) is 9.97 Å². The van der Waals surface area contributed by atoms with Gasteiger partial charge in [0.2, 0.25) is 0 Å². The Labute approximate surface area is 128 Å². The molecule has 0 aliphatic rings. The molecule has 2 heterocycles. The molecule has 2 aromatic heterocycles. The minimum atomic E-state index is 0.652. The summed E-state index contributed by atoms with van der Waals surface area (Å²) in [6, 6.07) is 10.1. The number of aromatic nitrogens is 2. The second kappa shape index (κ2) is 6.10. The maximum atomic E-state index is 5.65. The van der Waals surface area contributed by atoms with Crippen molar-refractivity contribution in [3.63, 3.8) is 0 Å². The average Bonchev–Trinajstić information content (AvgIpc) is 2.94. The van der Waals surface area contributed by atoms with Gasteiger partial charge in [0.25, 0.3) is 0 Å². The Hall–Kier alpha value is -2.14. The van der Waals surface area contributed by atoms with E-state index >= 15 is 0 Å². The number of rotatable bonds is 5. The summed E-state index contributed by atoms with van der Waals surface area (Å²) in [5.41, 5.74) is 2.16. The molecule has 21 heavy (non-hydrogen) atoms. The van der Waals surface area contributed by atoms with Gasteiger partial charge < -0.3 is 9.64 Å². The molecule has 0 bridgehead atoms. The van der Waals surface area contributed by atoms with Gasteiger partial charge in [-0.05, 0) is 36.8 Å². The van der Waals surface area contributed by atoms with Crippen LogP contribution in [-0.4, -0.2) is 23.6 Å². The maximum Gasteiger partial charge on any atom is 0.186 e. The topological polar surface area (TPSA) is 38.2 Å². The number of benzene rings is 1. The first-order valence-corrected chi connectivity index (χ1v) is 7.72. The third kappa shape index (κ3) is 2.97. The summed E-state index contributed by atoms with van der Waals surface area (Å²) in [5.74, 6) is 0.856. The van der Waals surface area contributed by atoms with Crippen LogP contribution in [0, 0.1) is 0 Å². The van der Waals surface area contributed by atoms with E-state index in [9.17, 15) is 0 Å². The third-order valence-electron chi connectivity index (χ3n) is 3.17. The number of pyridine rings is 1. The molecule has 0 fully saturated rings. The molecule has 108 valence electrons. The van der Waals surface area contributed by atoms with E-state index in [2.05, 4.69) is 23.0 Å². The number of nitrogens with zero attached hydrogens (tertiary/aromatic N) is 3. The minimum absolute atomic E-state index is 0.652. The lowest BCUT2D eigenvalue weighted by Crippen LogP contribution is -2.15. The van der Waals surface area contributed by atoms with Gasteiger partial charge in [-0.1, -0.05) is 17.4 Å². The summed E-state index contributed by atoms with van der Waals surface area (Å²) in [7, 11) is 2.05. The van der Waals surface area contributed by atoms with Crippen LogP contribution in [0.15, 0.2) is 42.7 Å². The van der Waals surface area contributed by atoms with Crippen molar-refractivity contribution in [2.75, 3.05) is 18.6 Å². The van der Waals surface area contributed by atoms with Crippen molar-refractivity contribution in [2.24, 2.45) is 0 Å². The van der Waals surface area contributed by atoms with E-state index in [0.717, 1.165) is 27.6 Å². The Bertz CT molecular complexity index is 727. The lowest BCUT2D eigenvalue weighted by atomic mass is 10.2. The highest BCUT2D eigenvalue weighted by Gasteiger charge is 2.12. The van der Waals surface area contributed by atoms with E-state index in [1.807, 2.05) is 43.6 Å². The van der Waals surface area contributed by atoms with Gasteiger partial charge in [-0.3, -0.25) is 4.98 Å². The van der Waals surface area contributed by atoms with Gasteiger partial charge in [0.15, 0.2) is 5.13 Å². The highest BCUT2D eigenvalue weighted by Crippen LogP contribution is 2.34. The van der Waals surface area contributed by atoms with Crippen molar-refractivity contribution in [2.45, 2.75) is 13.5 Å². The first kappa shape index (κ1) is 13.8. The first-order valence-electron chi connectivity index (χ1n) is 6.90. The number of para-hydroxylation sites is 1. The lowest BCUT2D eigenvalue weighted by molar-refractivity contribution is 0.344. The van der Waals surface area contributed by atoms with Crippen molar-refractivity contribution in [3.8, 4) is 5.75 Å². The minimum Gasteiger partial charge on any atom is -0.492 e. The highest BCUT2D eigenvalue weighted by molar-refractivity contribution is 7.22. The average molecular weight is 299 g/mol. The molecule has 5 heteroatoms. The van der Waals surface area contributed by atoms with Gasteiger partial charge in [-0.25, -0.2) is 4.98 Å². The second-order valence-corrected chi connectivity index (χ2v) is 5.75. The molecule has 0 spiro atoms. The molecule has 0 saturated carbocycles. The zero-order valence-corrected chi connectivity index (χ0v) is 12.9. The van der Waals surface area contributed by atoms with Gasteiger partial charge in [0.05, 0.1) is 11.3 Å². The molecule has 0 amide bonds. The molecule has 0 aliphatic carbocycles. The Balaban J connectivity index is 1.88. The van der Waals surface area contributed by atoms with Crippen LogP contribution in [0.5, 0.6) is 5.75 Å². The van der Waals surface area contributed by atoms with Gasteiger partial charge in [-0.2, -0.15) is 0 Å². The predicted molar refractivity (Wildman–Crippen MR) is 87.1 cm³/mol. The summed E-state index contributed by atoms with van der Waals surface area (Å²) < 4.78 is 6.80. The molecule has 0 radical (unpaired) electrons. The molecular formula is C16H17N3OS. The third-order valence-corrected chi connectivity index (χ3v) is 4.30. The smallest absolute Gasteiger partial charge is 0.186 e. The molecule has 0 saturated heterocycles. The first-order chi connectivity index (χ1) is 10.3. The van der Waals surface area contributed by atoms with Gasteiger partial charge in [-0.15, -0.1) is 0 Å². The summed E-state index contributed by atoms with van der Waals surface area (Å²) in [6.45, 7) is 3.45. The summed E-state index contributed by atoms with van der Waals surface area (Å²) in [6.07, 6.45) is 3.63. The zero-order chi connectivity index (χ0) is 14.7. The number of hydrogen-bond donors (Lipinski definition) is 0. The van der Waals surface area contributed by atoms with Crippen molar-refractivity contribution in [1.29, 1.82) is 0 Å². The van der Waals surface area contributed by atoms with Crippen LogP contribution < -0.4 is 9.64 Å². The molecule has 0 unspecified atom stereocenters. The van der Waals surface area contributed by atoms with Crippen LogP contribution >= 0.6 is 11.3 Å². The zero-order valence-electron chi connectivity index (χ0n) is 12.1. The van der Waals surface area contributed by atoms with E-state index in [0.29, 0.717) is 6.61 Å². The lowest BCUT2D eigenvalue weighted by Gasteiger charge is -2.15. The highest BCUT2D eigenvalue weighted by atomic mass is 32.1. The van der Waals surface area contributed by atoms with Crippen LogP contribution in [-0.2, 0) is 6.54 Å². The van der Waals surface area contributed by atoms with E-state index in [1.54, 1.807) is 11.3 Å². The summed E-state index contributed by atoms with van der Waals surface area (Å²) >= 11 is 1.68. The van der Waals surface area contributed by atoms with Gasteiger partial charge in [0.1, 0.15) is 11.3 Å². The Kier molecular flexibility index (Phi) is 4.01. The van der Waals surface area contributed by atoms with Crippen molar-refractivity contribution in [3.05, 3.63) is 48.3 Å². The number of hydrogen-bond acceptors (Lipinski definition) is 5. The SMILES string of the molecule is CCOc1cccc2sc(N(C)Cc3ccncc3)nc12. The van der Waals surface area contributed by atoms with Crippen molar-refractivity contribution >= 4 is 26.7 Å². The molecule has 3 aromatic rings. The molecule has 3 rings (SSSR count). The fourth-order valence-electron chi connectivity index (χ4n) is 2.18. The second-order valence-electron chi connectivity index (χ2n) is 4.74. The predicted octanol–water partition coefficient (Wildman–Crippen LogP) is 3.73. The van der Waals surface area contributed by atoms with Crippen LogP contribution in [0.2, 0.25) is 0 Å². The number of fused-ring (bicyclic) bond motifs is 1. The molecular weight excluding hydrogens is 282 g/mol.